The van der Waals surface area contributed by atoms with Crippen molar-refractivity contribution in [1.29, 1.82) is 0 Å². The maximum atomic E-state index is 12.0. The van der Waals surface area contributed by atoms with Gasteiger partial charge in [0.25, 0.3) is 0 Å². The van der Waals surface area contributed by atoms with Gasteiger partial charge in [0.15, 0.2) is 0 Å². The fraction of sp³-hybridized carbons (Fsp3) is 0.688. The van der Waals surface area contributed by atoms with Crippen LogP contribution in [0.5, 0.6) is 0 Å². The summed E-state index contributed by atoms with van der Waals surface area (Å²) in [5.41, 5.74) is 1.06. The highest BCUT2D eigenvalue weighted by molar-refractivity contribution is 5.81. The molecule has 3 rings (SSSR count). The lowest BCUT2D eigenvalue weighted by Gasteiger charge is -2.32. The van der Waals surface area contributed by atoms with Crippen molar-refractivity contribution < 1.29 is 4.79 Å². The van der Waals surface area contributed by atoms with Crippen LogP contribution in [0.25, 0.3) is 0 Å². The van der Waals surface area contributed by atoms with Crippen molar-refractivity contribution in [3.05, 3.63) is 18.1 Å². The van der Waals surface area contributed by atoms with Gasteiger partial charge in [-0.3, -0.25) is 4.79 Å². The summed E-state index contributed by atoms with van der Waals surface area (Å²) >= 11 is 0. The van der Waals surface area contributed by atoms with E-state index in [2.05, 4.69) is 29.1 Å². The van der Waals surface area contributed by atoms with Crippen molar-refractivity contribution in [2.45, 2.75) is 51.5 Å². The second-order valence-electron chi connectivity index (χ2n) is 6.50. The Morgan fingerprint density at radius 3 is 2.57 bits per heavy atom. The van der Waals surface area contributed by atoms with E-state index in [1.165, 1.54) is 0 Å². The van der Waals surface area contributed by atoms with Crippen LogP contribution in [-0.2, 0) is 4.79 Å². The van der Waals surface area contributed by atoms with Gasteiger partial charge in [0.1, 0.15) is 12.1 Å². The molecule has 2 heterocycles. The van der Waals surface area contributed by atoms with Crippen LogP contribution >= 0.6 is 0 Å². The van der Waals surface area contributed by atoms with Gasteiger partial charge in [0.05, 0.1) is 0 Å². The zero-order valence-electron chi connectivity index (χ0n) is 12.9. The molecule has 0 radical (unpaired) electrons. The molecule has 1 aliphatic carbocycles. The van der Waals surface area contributed by atoms with Gasteiger partial charge in [-0.1, -0.05) is 13.8 Å². The molecule has 21 heavy (non-hydrogen) atoms. The third-order valence-corrected chi connectivity index (χ3v) is 4.36. The largest absolute Gasteiger partial charge is 0.367 e. The van der Waals surface area contributed by atoms with E-state index in [-0.39, 0.29) is 0 Å². The molecule has 5 heteroatoms. The van der Waals surface area contributed by atoms with Gasteiger partial charge in [-0.15, -0.1) is 0 Å². The van der Waals surface area contributed by atoms with Crippen molar-refractivity contribution >= 4 is 11.7 Å². The van der Waals surface area contributed by atoms with Crippen LogP contribution in [0.3, 0.4) is 0 Å². The van der Waals surface area contributed by atoms with E-state index < -0.39 is 0 Å². The fourth-order valence-electron chi connectivity index (χ4n) is 2.81. The molecule has 2 fully saturated rings. The SMILES string of the molecule is CC(C)c1cc(NC2CCN(C(=O)C3CC3)CC2)ncn1. The summed E-state index contributed by atoms with van der Waals surface area (Å²) in [5.74, 6) is 2.02. The Labute approximate surface area is 126 Å². The lowest BCUT2D eigenvalue weighted by Crippen LogP contribution is -2.43. The molecule has 1 saturated heterocycles. The van der Waals surface area contributed by atoms with Gasteiger partial charge < -0.3 is 10.2 Å². The van der Waals surface area contributed by atoms with E-state index >= 15 is 0 Å². The number of nitrogens with one attached hydrogen (secondary N) is 1. The summed E-state index contributed by atoms with van der Waals surface area (Å²) in [6.07, 6.45) is 5.81. The normalized spacial score (nSPS) is 19.9. The Morgan fingerprint density at radius 1 is 1.24 bits per heavy atom. The summed E-state index contributed by atoms with van der Waals surface area (Å²) in [6, 6.07) is 2.44. The minimum atomic E-state index is 0.338. The average molecular weight is 288 g/mol. The first kappa shape index (κ1) is 14.3. The summed E-state index contributed by atoms with van der Waals surface area (Å²) in [6.45, 7) is 6.01. The van der Waals surface area contributed by atoms with Crippen LogP contribution in [0.2, 0.25) is 0 Å². The molecule has 1 aromatic heterocycles. The van der Waals surface area contributed by atoms with Gasteiger partial charge in [-0.2, -0.15) is 0 Å². The average Bonchev–Trinajstić information content (AvgIpc) is 3.32. The lowest BCUT2D eigenvalue weighted by atomic mass is 10.0. The molecule has 5 nitrogen and oxygen atoms in total. The molecule has 0 aromatic carbocycles. The quantitative estimate of drug-likeness (QED) is 0.924. The van der Waals surface area contributed by atoms with Gasteiger partial charge in [0.2, 0.25) is 5.91 Å². The zero-order valence-corrected chi connectivity index (χ0v) is 12.9. The maximum Gasteiger partial charge on any atom is 0.225 e. The molecule has 1 amide bonds. The topological polar surface area (TPSA) is 58.1 Å². The molecule has 1 saturated carbocycles. The highest BCUT2D eigenvalue weighted by Gasteiger charge is 2.34. The standard InChI is InChI=1S/C16H24N4O/c1-11(2)14-9-15(18-10-17-14)19-13-5-7-20(8-6-13)16(21)12-3-4-12/h9-13H,3-8H2,1-2H3,(H,17,18,19). The predicted octanol–water partition coefficient (Wildman–Crippen LogP) is 2.41. The zero-order chi connectivity index (χ0) is 14.8. The molecular formula is C16H24N4O. The van der Waals surface area contributed by atoms with Crippen molar-refractivity contribution in [3.63, 3.8) is 0 Å². The molecule has 2 aliphatic rings. The van der Waals surface area contributed by atoms with Gasteiger partial charge in [0, 0.05) is 36.8 Å². The minimum Gasteiger partial charge on any atom is -0.367 e. The number of hydrogen-bond acceptors (Lipinski definition) is 4. The van der Waals surface area contributed by atoms with E-state index in [4.69, 9.17) is 0 Å². The van der Waals surface area contributed by atoms with E-state index in [0.717, 1.165) is 50.3 Å². The Kier molecular flexibility index (Phi) is 4.08. The molecule has 1 aliphatic heterocycles. The molecule has 0 bridgehead atoms. The van der Waals surface area contributed by atoms with Crippen LogP contribution < -0.4 is 5.32 Å². The molecule has 1 N–H and O–H groups in total. The summed E-state index contributed by atoms with van der Waals surface area (Å²) in [4.78, 5) is 22.7. The smallest absolute Gasteiger partial charge is 0.225 e. The number of amides is 1. The van der Waals surface area contributed by atoms with E-state index in [9.17, 15) is 4.79 Å². The molecule has 0 atom stereocenters. The first-order chi connectivity index (χ1) is 10.1. The molecule has 0 unspecified atom stereocenters. The molecule has 1 aromatic rings. The number of aromatic nitrogens is 2. The van der Waals surface area contributed by atoms with Crippen molar-refractivity contribution in [3.8, 4) is 0 Å². The number of rotatable bonds is 4. The number of carbonyl (C=O) groups excluding carboxylic acids is 1. The van der Waals surface area contributed by atoms with Gasteiger partial charge in [-0.05, 0) is 31.6 Å². The third-order valence-electron chi connectivity index (χ3n) is 4.36. The lowest BCUT2D eigenvalue weighted by molar-refractivity contribution is -0.133. The van der Waals surface area contributed by atoms with Crippen LogP contribution in [0, 0.1) is 5.92 Å². The van der Waals surface area contributed by atoms with Crippen molar-refractivity contribution in [1.82, 2.24) is 14.9 Å². The summed E-state index contributed by atoms with van der Waals surface area (Å²) in [5, 5.41) is 3.49. The second kappa shape index (κ2) is 6.00. The van der Waals surface area contributed by atoms with E-state index in [0.29, 0.717) is 23.8 Å². The van der Waals surface area contributed by atoms with E-state index in [1.807, 2.05) is 11.0 Å². The molecule has 0 spiro atoms. The Balaban J connectivity index is 1.53. The van der Waals surface area contributed by atoms with Crippen LogP contribution in [0.15, 0.2) is 12.4 Å². The number of carbonyl (C=O) groups is 1. The third kappa shape index (κ3) is 3.52. The first-order valence-corrected chi connectivity index (χ1v) is 8.00. The Bertz CT molecular complexity index is 505. The minimum absolute atomic E-state index is 0.338. The number of piperidine rings is 1. The molecule has 114 valence electrons. The number of likely N-dealkylation sites (tertiary alicyclic amines) is 1. The predicted molar refractivity (Wildman–Crippen MR) is 82.1 cm³/mol. The number of hydrogen-bond donors (Lipinski definition) is 1. The van der Waals surface area contributed by atoms with Crippen molar-refractivity contribution in [2.75, 3.05) is 18.4 Å². The monoisotopic (exact) mass is 288 g/mol. The number of nitrogens with zero attached hydrogens (tertiary/aromatic N) is 3. The van der Waals surface area contributed by atoms with Crippen molar-refractivity contribution in [2.24, 2.45) is 5.92 Å². The first-order valence-electron chi connectivity index (χ1n) is 8.00. The van der Waals surface area contributed by atoms with Crippen LogP contribution in [0.4, 0.5) is 5.82 Å². The highest BCUT2D eigenvalue weighted by Crippen LogP contribution is 2.32. The summed E-state index contributed by atoms with van der Waals surface area (Å²) in [7, 11) is 0. The van der Waals surface area contributed by atoms with Gasteiger partial charge in [-0.25, -0.2) is 9.97 Å². The second-order valence-corrected chi connectivity index (χ2v) is 6.50. The van der Waals surface area contributed by atoms with E-state index in [1.54, 1.807) is 6.33 Å². The summed E-state index contributed by atoms with van der Waals surface area (Å²) < 4.78 is 0. The highest BCUT2D eigenvalue weighted by atomic mass is 16.2. The number of anilines is 1. The molecular weight excluding hydrogens is 264 g/mol. The van der Waals surface area contributed by atoms with Crippen LogP contribution in [0.1, 0.15) is 51.1 Å². The Morgan fingerprint density at radius 2 is 1.95 bits per heavy atom. The fourth-order valence-corrected chi connectivity index (χ4v) is 2.81. The van der Waals surface area contributed by atoms with Gasteiger partial charge >= 0.3 is 0 Å². The van der Waals surface area contributed by atoms with Crippen LogP contribution in [-0.4, -0.2) is 39.9 Å². The Hall–Kier alpha value is -1.65. The maximum absolute atomic E-state index is 12.0.